The summed E-state index contributed by atoms with van der Waals surface area (Å²) in [6.07, 6.45) is -4.48. The summed E-state index contributed by atoms with van der Waals surface area (Å²) in [6.45, 7) is 1.73. The van der Waals surface area contributed by atoms with E-state index in [2.05, 4.69) is 4.74 Å². The highest BCUT2D eigenvalue weighted by Gasteiger charge is 2.31. The molecule has 2 nitrogen and oxygen atoms in total. The summed E-state index contributed by atoms with van der Waals surface area (Å²) in [6, 6.07) is 2.50. The summed E-state index contributed by atoms with van der Waals surface area (Å²) in [5, 5.41) is -0.270. The van der Waals surface area contributed by atoms with E-state index in [1.807, 2.05) is 0 Å². The number of carbonyl (C=O) groups is 1. The van der Waals surface area contributed by atoms with Crippen LogP contribution in [0.2, 0.25) is 5.02 Å². The van der Waals surface area contributed by atoms with Gasteiger partial charge in [-0.2, -0.15) is 13.2 Å². The molecule has 6 heteroatoms. The molecule has 88 valence electrons. The predicted molar refractivity (Wildman–Crippen MR) is 52.4 cm³/mol. The molecular formula is C10H8ClF3O2. The molecule has 0 N–H and O–H groups in total. The van der Waals surface area contributed by atoms with Crippen molar-refractivity contribution in [3.05, 3.63) is 34.3 Å². The molecule has 0 aliphatic heterocycles. The van der Waals surface area contributed by atoms with Crippen LogP contribution < -0.4 is 0 Å². The lowest BCUT2D eigenvalue weighted by molar-refractivity contribution is -0.137. The van der Waals surface area contributed by atoms with Crippen LogP contribution in [-0.2, 0) is 10.9 Å². The molecule has 0 aliphatic rings. The quantitative estimate of drug-likeness (QED) is 0.753. The van der Waals surface area contributed by atoms with E-state index >= 15 is 0 Å². The average Bonchev–Trinajstić information content (AvgIpc) is 2.16. The second kappa shape index (κ2) is 4.74. The Labute approximate surface area is 95.0 Å². The first-order valence-corrected chi connectivity index (χ1v) is 4.78. The lowest BCUT2D eigenvalue weighted by Gasteiger charge is -2.09. The highest BCUT2D eigenvalue weighted by atomic mass is 35.5. The summed E-state index contributed by atoms with van der Waals surface area (Å²) in [5.74, 6) is -0.735. The van der Waals surface area contributed by atoms with Gasteiger partial charge in [0.2, 0.25) is 0 Å². The molecule has 1 aromatic carbocycles. The van der Waals surface area contributed by atoms with E-state index in [9.17, 15) is 18.0 Å². The molecule has 0 saturated carbocycles. The molecule has 0 atom stereocenters. The Hall–Kier alpha value is -1.23. The van der Waals surface area contributed by atoms with E-state index in [4.69, 9.17) is 11.6 Å². The molecule has 0 amide bonds. The Bertz CT molecular complexity index is 402. The first-order valence-electron chi connectivity index (χ1n) is 4.40. The Morgan fingerprint density at radius 1 is 1.44 bits per heavy atom. The molecule has 0 unspecified atom stereocenters. The standard InChI is InChI=1S/C10H8ClF3O2/c1-2-16-9(15)7-4-3-6(5-8(7)11)10(12,13)14/h3-5H,2H2,1H3. The van der Waals surface area contributed by atoms with Gasteiger partial charge in [-0.05, 0) is 25.1 Å². The smallest absolute Gasteiger partial charge is 0.416 e. The minimum absolute atomic E-state index is 0.0727. The zero-order chi connectivity index (χ0) is 12.3. The third kappa shape index (κ3) is 2.88. The maximum atomic E-state index is 12.3. The van der Waals surface area contributed by atoms with Gasteiger partial charge in [-0.1, -0.05) is 11.6 Å². The molecular weight excluding hydrogens is 245 g/mol. The fourth-order valence-electron chi connectivity index (χ4n) is 1.07. The third-order valence-corrected chi connectivity index (χ3v) is 2.10. The molecule has 0 spiro atoms. The number of rotatable bonds is 2. The summed E-state index contributed by atoms with van der Waals surface area (Å²) in [4.78, 5) is 11.2. The summed E-state index contributed by atoms with van der Waals surface area (Å²) in [5.41, 5.74) is -0.970. The van der Waals surface area contributed by atoms with Crippen molar-refractivity contribution >= 4 is 17.6 Å². The second-order valence-electron chi connectivity index (χ2n) is 2.91. The van der Waals surface area contributed by atoms with Crippen molar-refractivity contribution in [1.29, 1.82) is 0 Å². The number of hydrogen-bond acceptors (Lipinski definition) is 2. The lowest BCUT2D eigenvalue weighted by atomic mass is 10.1. The van der Waals surface area contributed by atoms with E-state index in [0.29, 0.717) is 6.07 Å². The fourth-order valence-corrected chi connectivity index (χ4v) is 1.32. The Morgan fingerprint density at radius 3 is 2.50 bits per heavy atom. The van der Waals surface area contributed by atoms with E-state index in [0.717, 1.165) is 12.1 Å². The van der Waals surface area contributed by atoms with Gasteiger partial charge in [0.15, 0.2) is 0 Å². The van der Waals surface area contributed by atoms with Crippen LogP contribution in [0.5, 0.6) is 0 Å². The number of hydrogen-bond donors (Lipinski definition) is 0. The van der Waals surface area contributed by atoms with Crippen molar-refractivity contribution in [2.24, 2.45) is 0 Å². The van der Waals surface area contributed by atoms with Crippen LogP contribution in [0.15, 0.2) is 18.2 Å². The van der Waals surface area contributed by atoms with Gasteiger partial charge in [-0.3, -0.25) is 0 Å². The number of carbonyl (C=O) groups excluding carboxylic acids is 1. The number of esters is 1. The van der Waals surface area contributed by atoms with Gasteiger partial charge in [-0.25, -0.2) is 4.79 Å². The molecule has 1 aromatic rings. The maximum absolute atomic E-state index is 12.3. The fraction of sp³-hybridized carbons (Fsp3) is 0.300. The van der Waals surface area contributed by atoms with Gasteiger partial charge < -0.3 is 4.74 Å². The van der Waals surface area contributed by atoms with Crippen LogP contribution in [-0.4, -0.2) is 12.6 Å². The zero-order valence-corrected chi connectivity index (χ0v) is 9.02. The SMILES string of the molecule is CCOC(=O)c1ccc(C(F)(F)F)cc1Cl. The number of ether oxygens (including phenoxy) is 1. The van der Waals surface area contributed by atoms with Crippen molar-refractivity contribution in [2.45, 2.75) is 13.1 Å². The Balaban J connectivity index is 3.05. The summed E-state index contributed by atoms with van der Waals surface area (Å²) >= 11 is 5.57. The highest BCUT2D eigenvalue weighted by molar-refractivity contribution is 6.33. The van der Waals surface area contributed by atoms with E-state index in [-0.39, 0.29) is 17.2 Å². The molecule has 1 rings (SSSR count). The van der Waals surface area contributed by atoms with Crippen LogP contribution in [0, 0.1) is 0 Å². The number of halogens is 4. The molecule has 0 aromatic heterocycles. The molecule has 0 aliphatic carbocycles. The molecule has 0 heterocycles. The first-order chi connectivity index (χ1) is 7.36. The van der Waals surface area contributed by atoms with Gasteiger partial charge in [0.25, 0.3) is 0 Å². The maximum Gasteiger partial charge on any atom is 0.416 e. The average molecular weight is 253 g/mol. The van der Waals surface area contributed by atoms with Crippen LogP contribution in [0.3, 0.4) is 0 Å². The van der Waals surface area contributed by atoms with Gasteiger partial charge in [0.1, 0.15) is 0 Å². The van der Waals surface area contributed by atoms with Crippen molar-refractivity contribution in [1.82, 2.24) is 0 Å². The Kier molecular flexibility index (Phi) is 3.80. The first kappa shape index (κ1) is 12.8. The largest absolute Gasteiger partial charge is 0.462 e. The van der Waals surface area contributed by atoms with Crippen LogP contribution in [0.1, 0.15) is 22.8 Å². The summed E-state index contributed by atoms with van der Waals surface area (Å²) < 4.78 is 41.5. The lowest BCUT2D eigenvalue weighted by Crippen LogP contribution is -2.09. The molecule has 0 radical (unpaired) electrons. The minimum Gasteiger partial charge on any atom is -0.462 e. The van der Waals surface area contributed by atoms with Gasteiger partial charge in [-0.15, -0.1) is 0 Å². The van der Waals surface area contributed by atoms with Crippen molar-refractivity contribution in [2.75, 3.05) is 6.61 Å². The van der Waals surface area contributed by atoms with Crippen molar-refractivity contribution in [3.8, 4) is 0 Å². The summed E-state index contributed by atoms with van der Waals surface area (Å²) in [7, 11) is 0. The second-order valence-corrected chi connectivity index (χ2v) is 3.32. The minimum atomic E-state index is -4.48. The zero-order valence-electron chi connectivity index (χ0n) is 8.27. The van der Waals surface area contributed by atoms with Crippen molar-refractivity contribution < 1.29 is 22.7 Å². The topological polar surface area (TPSA) is 26.3 Å². The van der Waals surface area contributed by atoms with E-state index < -0.39 is 17.7 Å². The van der Waals surface area contributed by atoms with Gasteiger partial charge in [0.05, 0.1) is 22.8 Å². The van der Waals surface area contributed by atoms with Crippen LogP contribution in [0.4, 0.5) is 13.2 Å². The third-order valence-electron chi connectivity index (χ3n) is 1.79. The number of benzene rings is 1. The molecule has 0 saturated heterocycles. The Morgan fingerprint density at radius 2 is 2.06 bits per heavy atom. The van der Waals surface area contributed by atoms with Gasteiger partial charge in [0, 0.05) is 0 Å². The van der Waals surface area contributed by atoms with Crippen LogP contribution >= 0.6 is 11.6 Å². The molecule has 16 heavy (non-hydrogen) atoms. The van der Waals surface area contributed by atoms with Gasteiger partial charge >= 0.3 is 12.1 Å². The van der Waals surface area contributed by atoms with Crippen molar-refractivity contribution in [3.63, 3.8) is 0 Å². The number of alkyl halides is 3. The molecule has 0 fully saturated rings. The molecule has 0 bridgehead atoms. The van der Waals surface area contributed by atoms with E-state index in [1.54, 1.807) is 6.92 Å². The normalized spacial score (nSPS) is 11.3. The highest BCUT2D eigenvalue weighted by Crippen LogP contribution is 2.32. The predicted octanol–water partition coefficient (Wildman–Crippen LogP) is 3.54. The monoisotopic (exact) mass is 252 g/mol. The van der Waals surface area contributed by atoms with E-state index in [1.165, 1.54) is 0 Å². The van der Waals surface area contributed by atoms with Crippen LogP contribution in [0.25, 0.3) is 0 Å².